The first kappa shape index (κ1) is 36.3. The fourth-order valence-corrected chi connectivity index (χ4v) is 7.81. The van der Waals surface area contributed by atoms with E-state index >= 15 is 0 Å². The Labute approximate surface area is 297 Å². The van der Waals surface area contributed by atoms with E-state index in [9.17, 15) is 36.0 Å². The lowest BCUT2D eigenvalue weighted by Crippen LogP contribution is -2.49. The highest BCUT2D eigenvalue weighted by molar-refractivity contribution is 7.90. The molecule has 3 aromatic carbocycles. The molecule has 3 heterocycles. The van der Waals surface area contributed by atoms with Crippen LogP contribution in [-0.2, 0) is 37.3 Å². The number of aromatic nitrogens is 2. The number of hydrogen-bond donors (Lipinski definition) is 2. The van der Waals surface area contributed by atoms with Crippen LogP contribution in [0.3, 0.4) is 0 Å². The van der Waals surface area contributed by atoms with Crippen LogP contribution in [0.5, 0.6) is 0 Å². The van der Waals surface area contributed by atoms with Gasteiger partial charge in [-0.15, -0.1) is 0 Å². The van der Waals surface area contributed by atoms with Gasteiger partial charge in [-0.2, -0.15) is 8.78 Å². The largest absolute Gasteiger partial charge is 0.349 e. The summed E-state index contributed by atoms with van der Waals surface area (Å²) in [6.07, 6.45) is 1.72. The quantitative estimate of drug-likeness (QED) is 0.192. The number of pyridine rings is 1. The molecule has 0 aliphatic carbocycles. The van der Waals surface area contributed by atoms with Gasteiger partial charge >= 0.3 is 6.61 Å². The van der Waals surface area contributed by atoms with Gasteiger partial charge in [0.25, 0.3) is 15.9 Å². The van der Waals surface area contributed by atoms with Crippen molar-refractivity contribution in [3.05, 3.63) is 131 Å². The summed E-state index contributed by atoms with van der Waals surface area (Å²) in [5.41, 5.74) is 2.62. The monoisotopic (exact) mass is 733 g/mol. The van der Waals surface area contributed by atoms with E-state index in [0.29, 0.717) is 22.0 Å². The van der Waals surface area contributed by atoms with E-state index in [1.807, 2.05) is 0 Å². The molecule has 0 spiro atoms. The molecule has 2 atom stereocenters. The van der Waals surface area contributed by atoms with Crippen molar-refractivity contribution in [1.82, 2.24) is 24.5 Å². The van der Waals surface area contributed by atoms with Gasteiger partial charge in [0.15, 0.2) is 0 Å². The van der Waals surface area contributed by atoms with E-state index in [1.165, 1.54) is 42.7 Å². The molecule has 1 aliphatic rings. The zero-order valence-corrected chi connectivity index (χ0v) is 28.7. The predicted octanol–water partition coefficient (Wildman–Crippen LogP) is 4.57. The van der Waals surface area contributed by atoms with Crippen LogP contribution < -0.4 is 10.6 Å². The number of carbonyl (C=O) groups excluding carboxylic acids is 3. The molecule has 6 rings (SSSR count). The first-order chi connectivity index (χ1) is 24.9. The van der Waals surface area contributed by atoms with Crippen molar-refractivity contribution in [3.8, 4) is 0 Å². The molecule has 2 N–H and O–H groups in total. The average Bonchev–Trinajstić information content (AvgIpc) is 3.73. The Morgan fingerprint density at radius 1 is 0.981 bits per heavy atom. The number of carbonyl (C=O) groups is 3. The van der Waals surface area contributed by atoms with Gasteiger partial charge in [0, 0.05) is 42.7 Å². The Balaban J connectivity index is 1.15. The maximum Gasteiger partial charge on any atom is 0.345 e. The topological polar surface area (TPSA) is 140 Å². The molecule has 5 aromatic rings. The standard InChI is InChI=1S/C37H34F3N5O6S/c1-23-10-11-25(31(38)14-23)15-24-6-5-7-26(16-24)35(47)43-21-34(46)44-22-29(51-37(39)40)18-33(44)36(48)42-20-28-17-27-19-41-13-12-32(27)45(28)52(49,50)30-8-3-2-4-9-30/h2-14,16-17,19,29,33,37H,15,18,20-22H2,1H3,(H,42,48)(H,43,47)/t29-,33+/m1/s1. The summed E-state index contributed by atoms with van der Waals surface area (Å²) >= 11 is 0. The summed E-state index contributed by atoms with van der Waals surface area (Å²) in [5, 5.41) is 5.66. The Bertz CT molecular complexity index is 2230. The Morgan fingerprint density at radius 3 is 2.52 bits per heavy atom. The Hall–Kier alpha value is -5.54. The smallest absolute Gasteiger partial charge is 0.345 e. The van der Waals surface area contributed by atoms with Crippen LogP contribution in [-0.4, -0.2) is 71.8 Å². The van der Waals surface area contributed by atoms with Crippen LogP contribution in [0.25, 0.3) is 10.9 Å². The van der Waals surface area contributed by atoms with Crippen LogP contribution in [0, 0.1) is 12.7 Å². The summed E-state index contributed by atoms with van der Waals surface area (Å²) in [7, 11) is -4.11. The SMILES string of the molecule is Cc1ccc(Cc2cccc(C(=O)NCC(=O)N3C[C@H](OC(F)F)C[C@H]3C(=O)NCc3cc4cnccc4n3S(=O)(=O)c3ccccc3)c2)c(F)c1. The Kier molecular flexibility index (Phi) is 10.7. The number of ether oxygens (including phenoxy) is 1. The number of likely N-dealkylation sites (tertiary alicyclic amines) is 1. The van der Waals surface area contributed by atoms with E-state index in [-0.39, 0.29) is 47.9 Å². The molecule has 0 radical (unpaired) electrons. The van der Waals surface area contributed by atoms with Crippen LogP contribution in [0.2, 0.25) is 0 Å². The minimum Gasteiger partial charge on any atom is -0.349 e. The highest BCUT2D eigenvalue weighted by Crippen LogP contribution is 2.27. The molecule has 2 aromatic heterocycles. The molecular formula is C37H34F3N5O6S. The first-order valence-electron chi connectivity index (χ1n) is 16.3. The van der Waals surface area contributed by atoms with Crippen molar-refractivity contribution in [2.75, 3.05) is 13.1 Å². The number of halogens is 3. The molecule has 0 bridgehead atoms. The third-order valence-corrected chi connectivity index (χ3v) is 10.5. The van der Waals surface area contributed by atoms with Crippen LogP contribution in [0.4, 0.5) is 13.2 Å². The number of nitrogens with one attached hydrogen (secondary N) is 2. The lowest BCUT2D eigenvalue weighted by atomic mass is 10.0. The fourth-order valence-electron chi connectivity index (χ4n) is 6.25. The normalized spacial score (nSPS) is 16.0. The Morgan fingerprint density at radius 2 is 1.77 bits per heavy atom. The molecule has 11 nitrogen and oxygen atoms in total. The number of fused-ring (bicyclic) bond motifs is 1. The third kappa shape index (κ3) is 8.00. The molecule has 0 unspecified atom stereocenters. The second-order valence-electron chi connectivity index (χ2n) is 12.3. The second kappa shape index (κ2) is 15.4. The second-order valence-corrected chi connectivity index (χ2v) is 14.1. The third-order valence-electron chi connectivity index (χ3n) is 8.73. The zero-order valence-electron chi connectivity index (χ0n) is 27.8. The number of aryl methyl sites for hydroxylation is 1. The summed E-state index contributed by atoms with van der Waals surface area (Å²) in [5.74, 6) is -2.43. The minimum absolute atomic E-state index is 0.0189. The average molecular weight is 734 g/mol. The van der Waals surface area contributed by atoms with Gasteiger partial charge in [-0.25, -0.2) is 16.8 Å². The maximum atomic E-state index is 14.4. The lowest BCUT2D eigenvalue weighted by Gasteiger charge is -2.24. The number of rotatable bonds is 12. The molecule has 1 aliphatic heterocycles. The molecule has 52 heavy (non-hydrogen) atoms. The van der Waals surface area contributed by atoms with Crippen molar-refractivity contribution in [1.29, 1.82) is 0 Å². The molecule has 3 amide bonds. The van der Waals surface area contributed by atoms with Gasteiger partial charge in [0.05, 0.1) is 35.3 Å². The number of alkyl halides is 2. The molecule has 0 saturated carbocycles. The number of benzene rings is 3. The van der Waals surface area contributed by atoms with E-state index in [4.69, 9.17) is 0 Å². The van der Waals surface area contributed by atoms with Crippen molar-refractivity contribution < 1.29 is 40.7 Å². The summed E-state index contributed by atoms with van der Waals surface area (Å²) in [6.45, 7) is -2.57. The summed E-state index contributed by atoms with van der Waals surface area (Å²) < 4.78 is 74.0. The van der Waals surface area contributed by atoms with E-state index in [1.54, 1.807) is 61.5 Å². The van der Waals surface area contributed by atoms with Crippen molar-refractivity contribution in [3.63, 3.8) is 0 Å². The van der Waals surface area contributed by atoms with Crippen LogP contribution in [0.15, 0.2) is 102 Å². The number of nitrogens with zero attached hydrogens (tertiary/aromatic N) is 3. The van der Waals surface area contributed by atoms with Gasteiger partial charge < -0.3 is 20.3 Å². The zero-order chi connectivity index (χ0) is 37.0. The molecule has 1 fully saturated rings. The molecule has 15 heteroatoms. The minimum atomic E-state index is -4.11. The van der Waals surface area contributed by atoms with Gasteiger partial charge in [0.1, 0.15) is 11.9 Å². The van der Waals surface area contributed by atoms with E-state index in [2.05, 4.69) is 20.4 Å². The van der Waals surface area contributed by atoms with Crippen molar-refractivity contribution >= 4 is 38.6 Å². The van der Waals surface area contributed by atoms with Gasteiger partial charge in [0.2, 0.25) is 11.8 Å². The van der Waals surface area contributed by atoms with E-state index in [0.717, 1.165) is 14.4 Å². The van der Waals surface area contributed by atoms with Crippen LogP contribution >= 0.6 is 0 Å². The maximum absolute atomic E-state index is 14.4. The lowest BCUT2D eigenvalue weighted by molar-refractivity contribution is -0.160. The number of amides is 3. The molecule has 270 valence electrons. The summed E-state index contributed by atoms with van der Waals surface area (Å²) in [6, 6.07) is 20.9. The number of hydrogen-bond acceptors (Lipinski definition) is 7. The van der Waals surface area contributed by atoms with Gasteiger partial charge in [-0.1, -0.05) is 42.5 Å². The highest BCUT2D eigenvalue weighted by Gasteiger charge is 2.41. The molecule has 1 saturated heterocycles. The first-order valence-corrected chi connectivity index (χ1v) is 17.7. The highest BCUT2D eigenvalue weighted by atomic mass is 32.2. The van der Waals surface area contributed by atoms with Crippen molar-refractivity contribution in [2.24, 2.45) is 0 Å². The van der Waals surface area contributed by atoms with Crippen molar-refractivity contribution in [2.45, 2.75) is 50.0 Å². The fraction of sp³-hybridized carbons (Fsp3) is 0.243. The summed E-state index contributed by atoms with van der Waals surface area (Å²) in [4.78, 5) is 45.1. The van der Waals surface area contributed by atoms with E-state index < -0.39 is 53.0 Å². The van der Waals surface area contributed by atoms with Gasteiger partial charge in [-0.3, -0.25) is 19.4 Å². The van der Waals surface area contributed by atoms with Crippen LogP contribution in [0.1, 0.15) is 39.2 Å². The molecular weight excluding hydrogens is 699 g/mol. The predicted molar refractivity (Wildman–Crippen MR) is 184 cm³/mol. The van der Waals surface area contributed by atoms with Gasteiger partial charge in [-0.05, 0) is 66.1 Å².